The van der Waals surface area contributed by atoms with Gasteiger partial charge < -0.3 is 11.1 Å². The number of amides is 3. The van der Waals surface area contributed by atoms with Crippen LogP contribution in [0, 0.1) is 5.92 Å². The number of anilines is 1. The van der Waals surface area contributed by atoms with E-state index in [1.165, 1.54) is 4.90 Å². The summed E-state index contributed by atoms with van der Waals surface area (Å²) in [6.07, 6.45) is 0. The number of carbonyl (C=O) groups is 3. The minimum Gasteiger partial charge on any atom is -0.326 e. The van der Waals surface area contributed by atoms with Gasteiger partial charge >= 0.3 is 0 Å². The van der Waals surface area contributed by atoms with Crippen molar-refractivity contribution in [3.63, 3.8) is 0 Å². The molecule has 3 amide bonds. The van der Waals surface area contributed by atoms with Gasteiger partial charge in [0, 0.05) is 11.7 Å². The SMILES string of the molecule is CC(C(=O)Nc1ccc(CN2C(=O)CSC2=O)cc1)C(N)c1ccccc1. The Bertz CT molecular complexity index is 823. The third-order valence-electron chi connectivity index (χ3n) is 4.54. The molecular formula is C20H21N3O3S. The summed E-state index contributed by atoms with van der Waals surface area (Å²) in [6.45, 7) is 2.04. The van der Waals surface area contributed by atoms with Gasteiger partial charge in [-0.2, -0.15) is 0 Å². The number of nitrogens with zero attached hydrogens (tertiary/aromatic N) is 1. The van der Waals surface area contributed by atoms with Crippen molar-refractivity contribution in [1.29, 1.82) is 0 Å². The molecule has 2 aromatic carbocycles. The molecular weight excluding hydrogens is 362 g/mol. The average molecular weight is 383 g/mol. The number of hydrogen-bond donors (Lipinski definition) is 2. The van der Waals surface area contributed by atoms with E-state index in [2.05, 4.69) is 5.32 Å². The molecule has 2 unspecified atom stereocenters. The number of benzene rings is 2. The molecule has 3 rings (SSSR count). The summed E-state index contributed by atoms with van der Waals surface area (Å²) >= 11 is 1.02. The van der Waals surface area contributed by atoms with Crippen LogP contribution in [0.1, 0.15) is 24.1 Å². The molecule has 2 atom stereocenters. The molecule has 140 valence electrons. The Morgan fingerprint density at radius 3 is 2.41 bits per heavy atom. The first kappa shape index (κ1) is 19.1. The van der Waals surface area contributed by atoms with Crippen LogP contribution in [0.25, 0.3) is 0 Å². The Hall–Kier alpha value is -2.64. The lowest BCUT2D eigenvalue weighted by atomic mass is 9.94. The quantitative estimate of drug-likeness (QED) is 0.799. The molecule has 0 bridgehead atoms. The Morgan fingerprint density at radius 1 is 1.15 bits per heavy atom. The van der Waals surface area contributed by atoms with Crippen molar-refractivity contribution < 1.29 is 14.4 Å². The highest BCUT2D eigenvalue weighted by Crippen LogP contribution is 2.23. The highest BCUT2D eigenvalue weighted by molar-refractivity contribution is 8.14. The first-order valence-corrected chi connectivity index (χ1v) is 9.61. The van der Waals surface area contributed by atoms with E-state index in [-0.39, 0.29) is 29.4 Å². The lowest BCUT2D eigenvalue weighted by Gasteiger charge is -2.20. The molecule has 0 aliphatic carbocycles. The molecule has 2 aromatic rings. The van der Waals surface area contributed by atoms with Crippen LogP contribution in [-0.4, -0.2) is 27.7 Å². The van der Waals surface area contributed by atoms with Crippen LogP contribution in [0.2, 0.25) is 0 Å². The lowest BCUT2D eigenvalue weighted by Crippen LogP contribution is -2.30. The summed E-state index contributed by atoms with van der Waals surface area (Å²) < 4.78 is 0. The normalized spacial score (nSPS) is 16.3. The molecule has 3 N–H and O–H groups in total. The molecule has 0 aromatic heterocycles. The van der Waals surface area contributed by atoms with Crippen LogP contribution in [0.5, 0.6) is 0 Å². The van der Waals surface area contributed by atoms with Gasteiger partial charge in [0.25, 0.3) is 5.24 Å². The molecule has 0 saturated carbocycles. The van der Waals surface area contributed by atoms with Crippen molar-refractivity contribution in [2.75, 3.05) is 11.1 Å². The zero-order valence-corrected chi connectivity index (χ0v) is 15.7. The van der Waals surface area contributed by atoms with E-state index >= 15 is 0 Å². The number of nitrogens with two attached hydrogens (primary N) is 1. The van der Waals surface area contributed by atoms with Gasteiger partial charge in [0.2, 0.25) is 11.8 Å². The molecule has 1 saturated heterocycles. The zero-order valence-electron chi connectivity index (χ0n) is 14.9. The summed E-state index contributed by atoms with van der Waals surface area (Å²) in [5.41, 5.74) is 8.58. The minimum absolute atomic E-state index is 0.166. The summed E-state index contributed by atoms with van der Waals surface area (Å²) in [4.78, 5) is 37.0. The maximum atomic E-state index is 12.5. The first-order chi connectivity index (χ1) is 13.0. The van der Waals surface area contributed by atoms with Crippen molar-refractivity contribution in [3.8, 4) is 0 Å². The predicted octanol–water partition coefficient (Wildman–Crippen LogP) is 3.16. The van der Waals surface area contributed by atoms with E-state index in [0.29, 0.717) is 5.69 Å². The monoisotopic (exact) mass is 383 g/mol. The molecule has 0 radical (unpaired) electrons. The Morgan fingerprint density at radius 2 is 1.81 bits per heavy atom. The molecule has 0 spiro atoms. The molecule has 6 nitrogen and oxygen atoms in total. The van der Waals surface area contributed by atoms with Gasteiger partial charge in [-0.25, -0.2) is 0 Å². The largest absolute Gasteiger partial charge is 0.326 e. The van der Waals surface area contributed by atoms with Crippen molar-refractivity contribution in [2.45, 2.75) is 19.5 Å². The fourth-order valence-corrected chi connectivity index (χ4v) is 3.52. The van der Waals surface area contributed by atoms with Crippen LogP contribution in [0.4, 0.5) is 10.5 Å². The van der Waals surface area contributed by atoms with Crippen LogP contribution < -0.4 is 11.1 Å². The number of nitrogens with one attached hydrogen (secondary N) is 1. The Balaban J connectivity index is 1.60. The molecule has 1 aliphatic heterocycles. The van der Waals surface area contributed by atoms with E-state index in [4.69, 9.17) is 5.73 Å². The lowest BCUT2D eigenvalue weighted by molar-refractivity contribution is -0.125. The van der Waals surface area contributed by atoms with E-state index in [1.54, 1.807) is 31.2 Å². The predicted molar refractivity (Wildman–Crippen MR) is 106 cm³/mol. The van der Waals surface area contributed by atoms with Crippen LogP contribution in [0.15, 0.2) is 54.6 Å². The molecule has 1 fully saturated rings. The number of rotatable bonds is 6. The van der Waals surface area contributed by atoms with Crippen molar-refractivity contribution in [2.24, 2.45) is 11.7 Å². The number of imide groups is 1. The smallest absolute Gasteiger partial charge is 0.289 e. The fraction of sp³-hybridized carbons (Fsp3) is 0.250. The second kappa shape index (κ2) is 8.37. The standard InChI is InChI=1S/C20H21N3O3S/c1-13(18(21)15-5-3-2-4-6-15)19(25)22-16-9-7-14(8-10-16)11-23-17(24)12-27-20(23)26/h2-10,13,18H,11-12,21H2,1H3,(H,22,25). The minimum atomic E-state index is -0.399. The summed E-state index contributed by atoms with van der Waals surface area (Å²) in [5, 5.41) is 2.64. The van der Waals surface area contributed by atoms with E-state index in [0.717, 1.165) is 22.9 Å². The third kappa shape index (κ3) is 4.56. The summed E-state index contributed by atoms with van der Waals surface area (Å²) in [6, 6.07) is 16.2. The highest BCUT2D eigenvalue weighted by Gasteiger charge is 2.29. The first-order valence-electron chi connectivity index (χ1n) is 8.63. The zero-order chi connectivity index (χ0) is 19.4. The van der Waals surface area contributed by atoms with Gasteiger partial charge in [0.1, 0.15) is 0 Å². The number of hydrogen-bond acceptors (Lipinski definition) is 5. The van der Waals surface area contributed by atoms with Gasteiger partial charge in [0.05, 0.1) is 18.2 Å². The maximum Gasteiger partial charge on any atom is 0.289 e. The average Bonchev–Trinajstić information content (AvgIpc) is 3.01. The van der Waals surface area contributed by atoms with Crippen LogP contribution >= 0.6 is 11.8 Å². The van der Waals surface area contributed by atoms with Crippen LogP contribution in [-0.2, 0) is 16.1 Å². The number of thioether (sulfide) groups is 1. The van der Waals surface area contributed by atoms with Gasteiger partial charge in [-0.05, 0) is 23.3 Å². The van der Waals surface area contributed by atoms with E-state index in [1.807, 2.05) is 30.3 Å². The Labute approximate surface area is 162 Å². The van der Waals surface area contributed by atoms with Gasteiger partial charge in [-0.15, -0.1) is 0 Å². The van der Waals surface area contributed by atoms with E-state index < -0.39 is 12.0 Å². The second-order valence-electron chi connectivity index (χ2n) is 6.45. The molecule has 7 heteroatoms. The van der Waals surface area contributed by atoms with Crippen molar-refractivity contribution >= 4 is 34.5 Å². The van der Waals surface area contributed by atoms with Gasteiger partial charge in [0.15, 0.2) is 0 Å². The summed E-state index contributed by atoms with van der Waals surface area (Å²) in [7, 11) is 0. The fourth-order valence-electron chi connectivity index (χ4n) is 2.79. The van der Waals surface area contributed by atoms with E-state index in [9.17, 15) is 14.4 Å². The highest BCUT2D eigenvalue weighted by atomic mass is 32.2. The molecule has 1 heterocycles. The number of carbonyl (C=O) groups excluding carboxylic acids is 3. The van der Waals surface area contributed by atoms with Gasteiger partial charge in [-0.3, -0.25) is 19.3 Å². The Kier molecular flexibility index (Phi) is 5.93. The van der Waals surface area contributed by atoms with Gasteiger partial charge in [-0.1, -0.05) is 61.2 Å². The molecule has 1 aliphatic rings. The van der Waals surface area contributed by atoms with Crippen molar-refractivity contribution in [1.82, 2.24) is 4.90 Å². The maximum absolute atomic E-state index is 12.5. The second-order valence-corrected chi connectivity index (χ2v) is 7.37. The molecule has 27 heavy (non-hydrogen) atoms. The van der Waals surface area contributed by atoms with Crippen molar-refractivity contribution in [3.05, 3.63) is 65.7 Å². The summed E-state index contributed by atoms with van der Waals surface area (Å²) in [5.74, 6) is -0.539. The third-order valence-corrected chi connectivity index (χ3v) is 5.40. The van der Waals surface area contributed by atoms with Crippen LogP contribution in [0.3, 0.4) is 0 Å². The topological polar surface area (TPSA) is 92.5 Å².